The molecule has 0 bridgehead atoms. The van der Waals surface area contributed by atoms with Gasteiger partial charge in [-0.1, -0.05) is 76.3 Å². The van der Waals surface area contributed by atoms with Gasteiger partial charge in [-0.2, -0.15) is 0 Å². The number of carbonyl (C=O) groups is 4. The highest BCUT2D eigenvalue weighted by molar-refractivity contribution is 5.91. The average molecular weight is 645 g/mol. The Morgan fingerprint density at radius 2 is 1.63 bits per heavy atom. The molecule has 258 valence electrons. The number of nitrogens with one attached hydrogen (secondary N) is 4. The molecule has 1 saturated carbocycles. The lowest BCUT2D eigenvalue weighted by Gasteiger charge is -2.32. The van der Waals surface area contributed by atoms with Crippen LogP contribution >= 0.6 is 0 Å². The van der Waals surface area contributed by atoms with E-state index < -0.39 is 53.3 Å². The predicted molar refractivity (Wildman–Crippen MR) is 176 cm³/mol. The maximum absolute atomic E-state index is 13.5. The van der Waals surface area contributed by atoms with Crippen molar-refractivity contribution < 1.29 is 33.8 Å². The van der Waals surface area contributed by atoms with E-state index in [2.05, 4.69) is 35.1 Å². The number of aliphatic hydroxyl groups is 1. The molecule has 3 rings (SSSR count). The molecular weight excluding hydrogens is 588 g/mol. The first-order valence-electron chi connectivity index (χ1n) is 16.9. The molecule has 5 N–H and O–H groups in total. The van der Waals surface area contributed by atoms with Crippen molar-refractivity contribution in [1.82, 2.24) is 21.3 Å². The van der Waals surface area contributed by atoms with Gasteiger partial charge < -0.3 is 35.8 Å². The van der Waals surface area contributed by atoms with E-state index in [4.69, 9.17) is 9.47 Å². The Morgan fingerprint density at radius 3 is 2.22 bits per heavy atom. The van der Waals surface area contributed by atoms with Gasteiger partial charge in [-0.15, -0.1) is 0 Å². The second-order valence-corrected chi connectivity index (χ2v) is 14.5. The maximum atomic E-state index is 13.5. The lowest BCUT2D eigenvalue weighted by molar-refractivity contribution is -0.131. The second kappa shape index (κ2) is 17.1. The van der Waals surface area contributed by atoms with Crippen molar-refractivity contribution in [2.45, 2.75) is 135 Å². The predicted octanol–water partition coefficient (Wildman–Crippen LogP) is 3.76. The molecular formula is C35H56N4O7. The number of amides is 4. The number of hydrogen-bond acceptors (Lipinski definition) is 7. The molecule has 2 aliphatic rings. The molecule has 0 radical (unpaired) electrons. The van der Waals surface area contributed by atoms with Gasteiger partial charge in [-0.05, 0) is 57.9 Å². The quantitative estimate of drug-likeness (QED) is 0.171. The molecule has 1 aromatic rings. The number of alkyl carbamates (subject to hydrolysis) is 1. The van der Waals surface area contributed by atoms with Crippen LogP contribution in [0.2, 0.25) is 0 Å². The first kappa shape index (κ1) is 37.3. The highest BCUT2D eigenvalue weighted by atomic mass is 16.6. The molecule has 5 atom stereocenters. The van der Waals surface area contributed by atoms with E-state index in [0.29, 0.717) is 24.8 Å². The Morgan fingerprint density at radius 1 is 0.978 bits per heavy atom. The Balaban J connectivity index is 1.67. The maximum Gasteiger partial charge on any atom is 0.408 e. The summed E-state index contributed by atoms with van der Waals surface area (Å²) in [7, 11) is 0. The molecule has 1 saturated heterocycles. The molecule has 46 heavy (non-hydrogen) atoms. The zero-order chi connectivity index (χ0) is 33.9. The summed E-state index contributed by atoms with van der Waals surface area (Å²) in [6.07, 6.45) is 5.33. The van der Waals surface area contributed by atoms with Crippen LogP contribution in [0.3, 0.4) is 0 Å². The zero-order valence-corrected chi connectivity index (χ0v) is 28.5. The van der Waals surface area contributed by atoms with Crippen LogP contribution in [0.4, 0.5) is 4.79 Å². The van der Waals surface area contributed by atoms with Crippen LogP contribution in [0.1, 0.15) is 98.5 Å². The molecule has 2 fully saturated rings. The molecule has 1 aliphatic carbocycles. The molecule has 1 unspecified atom stereocenters. The van der Waals surface area contributed by atoms with E-state index in [1.54, 1.807) is 27.7 Å². The topological polar surface area (TPSA) is 158 Å². The largest absolute Gasteiger partial charge is 0.444 e. The summed E-state index contributed by atoms with van der Waals surface area (Å²) in [6, 6.07) is 6.68. The van der Waals surface area contributed by atoms with E-state index in [1.807, 2.05) is 30.3 Å². The van der Waals surface area contributed by atoms with Crippen molar-refractivity contribution in [2.24, 2.45) is 11.8 Å². The highest BCUT2D eigenvalue weighted by Crippen LogP contribution is 2.35. The number of rotatable bonds is 16. The number of ether oxygens (including phenoxy) is 2. The van der Waals surface area contributed by atoms with Crippen LogP contribution in [0.25, 0.3) is 0 Å². The number of aliphatic hydroxyl groups excluding tert-OH is 1. The van der Waals surface area contributed by atoms with Crippen LogP contribution in [-0.4, -0.2) is 77.5 Å². The van der Waals surface area contributed by atoms with Crippen molar-refractivity contribution in [3.05, 3.63) is 35.9 Å². The molecule has 11 nitrogen and oxygen atoms in total. The van der Waals surface area contributed by atoms with Crippen LogP contribution in [0.5, 0.6) is 0 Å². The summed E-state index contributed by atoms with van der Waals surface area (Å²) in [6.45, 7) is 11.7. The minimum Gasteiger partial charge on any atom is -0.444 e. The lowest BCUT2D eigenvalue weighted by Crippen LogP contribution is -2.56. The number of hydrogen-bond donors (Lipinski definition) is 5. The van der Waals surface area contributed by atoms with Crippen molar-refractivity contribution in [3.8, 4) is 0 Å². The number of carbonyl (C=O) groups excluding carboxylic acids is 4. The summed E-state index contributed by atoms with van der Waals surface area (Å²) in [4.78, 5) is 52.4. The van der Waals surface area contributed by atoms with Gasteiger partial charge in [0.25, 0.3) is 5.91 Å². The normalized spacial score (nSPS) is 21.0. The fourth-order valence-corrected chi connectivity index (χ4v) is 5.83. The minimum absolute atomic E-state index is 0.0673. The van der Waals surface area contributed by atoms with Crippen LogP contribution < -0.4 is 21.3 Å². The van der Waals surface area contributed by atoms with Crippen LogP contribution in [-0.2, 0) is 30.3 Å². The summed E-state index contributed by atoms with van der Waals surface area (Å²) < 4.78 is 11.0. The molecule has 11 heteroatoms. The van der Waals surface area contributed by atoms with Gasteiger partial charge in [0.2, 0.25) is 11.8 Å². The van der Waals surface area contributed by atoms with E-state index in [9.17, 15) is 24.3 Å². The Bertz CT molecular complexity index is 1140. The fourth-order valence-electron chi connectivity index (χ4n) is 5.83. The first-order chi connectivity index (χ1) is 21.7. The molecule has 0 aromatic heterocycles. The van der Waals surface area contributed by atoms with Gasteiger partial charge in [0, 0.05) is 19.4 Å². The summed E-state index contributed by atoms with van der Waals surface area (Å²) in [5.41, 5.74) is -1.02. The molecule has 1 aromatic carbocycles. The third-order valence-electron chi connectivity index (χ3n) is 8.60. The third-order valence-corrected chi connectivity index (χ3v) is 8.60. The number of benzene rings is 1. The summed E-state index contributed by atoms with van der Waals surface area (Å²) in [5.74, 6) is -0.456. The lowest BCUT2D eigenvalue weighted by atomic mass is 9.82. The minimum atomic E-state index is -1.09. The van der Waals surface area contributed by atoms with Gasteiger partial charge in [-0.3, -0.25) is 14.4 Å². The van der Waals surface area contributed by atoms with Gasteiger partial charge in [0.15, 0.2) is 5.60 Å². The highest BCUT2D eigenvalue weighted by Gasteiger charge is 2.54. The monoisotopic (exact) mass is 644 g/mol. The van der Waals surface area contributed by atoms with Crippen molar-refractivity contribution in [2.75, 3.05) is 13.2 Å². The van der Waals surface area contributed by atoms with Crippen LogP contribution in [0.15, 0.2) is 30.3 Å². The second-order valence-electron chi connectivity index (χ2n) is 14.5. The summed E-state index contributed by atoms with van der Waals surface area (Å²) >= 11 is 0. The standard InChI is InChI=1S/C35H56N4O7/c1-23(2)17-18-36-32(43)35(22-45-35)21-29(40)27(19-25-13-9-7-10-14-25)38-30(41)24(3)37-31(42)28(20-26-15-11-8-12-16-26)39-33(44)46-34(4,5)6/h8,11-12,15-16,23-25,27-29,40H,7,9-10,13-14,17-22H2,1-6H3,(H,36,43)(H,37,42)(H,38,41)(H,39,44)/t24-,27-,28-,29-,35?/m0/s1. The van der Waals surface area contributed by atoms with E-state index >= 15 is 0 Å². The smallest absolute Gasteiger partial charge is 0.408 e. The SMILES string of the molecule is CC(C)CCNC(=O)C1(C[C@H](O)[C@H](CC2CCCCC2)NC(=O)[C@H](C)NC(=O)[C@H](Cc2ccccc2)NC(=O)OC(C)(C)C)CO1. The molecule has 1 aliphatic heterocycles. The average Bonchev–Trinajstić information content (AvgIpc) is 3.76. The van der Waals surface area contributed by atoms with Gasteiger partial charge in [-0.25, -0.2) is 4.79 Å². The Labute approximate surface area is 274 Å². The van der Waals surface area contributed by atoms with Crippen molar-refractivity contribution >= 4 is 23.8 Å². The Kier molecular flexibility index (Phi) is 13.9. The van der Waals surface area contributed by atoms with E-state index in [0.717, 1.165) is 37.7 Å². The Hall–Kier alpha value is -3.18. The zero-order valence-electron chi connectivity index (χ0n) is 28.5. The molecule has 4 amide bonds. The fraction of sp³-hybridized carbons (Fsp3) is 0.714. The van der Waals surface area contributed by atoms with Gasteiger partial charge >= 0.3 is 6.09 Å². The van der Waals surface area contributed by atoms with Gasteiger partial charge in [0.05, 0.1) is 18.8 Å². The number of epoxide rings is 1. The van der Waals surface area contributed by atoms with Gasteiger partial charge in [0.1, 0.15) is 17.7 Å². The first-order valence-corrected chi connectivity index (χ1v) is 16.9. The third kappa shape index (κ3) is 12.5. The summed E-state index contributed by atoms with van der Waals surface area (Å²) in [5, 5.41) is 22.7. The van der Waals surface area contributed by atoms with Crippen molar-refractivity contribution in [1.29, 1.82) is 0 Å². The molecule has 1 heterocycles. The van der Waals surface area contributed by atoms with E-state index in [1.165, 1.54) is 6.42 Å². The van der Waals surface area contributed by atoms with Crippen LogP contribution in [0, 0.1) is 11.8 Å². The van der Waals surface area contributed by atoms with E-state index in [-0.39, 0.29) is 25.4 Å². The molecule has 0 spiro atoms. The van der Waals surface area contributed by atoms with Crippen molar-refractivity contribution in [3.63, 3.8) is 0 Å².